The molecule has 158 valence electrons. The Morgan fingerprint density at radius 3 is 2.48 bits per heavy atom. The fraction of sp³-hybridized carbons (Fsp3) is 0.174. The number of nitrogens with zero attached hydrogens (tertiary/aromatic N) is 3. The van der Waals surface area contributed by atoms with Crippen molar-refractivity contribution in [3.05, 3.63) is 71.2 Å². The van der Waals surface area contributed by atoms with E-state index < -0.39 is 0 Å². The Bertz CT molecular complexity index is 1180. The Hall–Kier alpha value is -3.65. The molecule has 2 aromatic carbocycles. The topological polar surface area (TPSA) is 78.3 Å². The average Bonchev–Trinajstić information content (AvgIpc) is 3.41. The fourth-order valence-corrected chi connectivity index (χ4v) is 3.84. The van der Waals surface area contributed by atoms with E-state index in [1.165, 1.54) is 11.3 Å². The molecule has 0 fully saturated rings. The van der Waals surface area contributed by atoms with Gasteiger partial charge >= 0.3 is 0 Å². The number of methoxy groups -OCH3 is 1. The van der Waals surface area contributed by atoms with E-state index in [0.717, 1.165) is 28.5 Å². The number of rotatable bonds is 7. The third-order valence-electron chi connectivity index (χ3n) is 4.56. The van der Waals surface area contributed by atoms with Gasteiger partial charge in [0.05, 0.1) is 25.1 Å². The van der Waals surface area contributed by atoms with E-state index >= 15 is 0 Å². The third kappa shape index (κ3) is 4.59. The molecule has 0 atom stereocenters. The van der Waals surface area contributed by atoms with Crippen LogP contribution in [0.15, 0.2) is 60.0 Å². The molecule has 2 aromatic heterocycles. The zero-order chi connectivity index (χ0) is 21.8. The van der Waals surface area contributed by atoms with Crippen molar-refractivity contribution in [2.45, 2.75) is 13.8 Å². The number of hydrogen-bond donors (Lipinski definition) is 1. The Morgan fingerprint density at radius 2 is 1.81 bits per heavy atom. The quantitative estimate of drug-likeness (QED) is 0.445. The second-order valence-electron chi connectivity index (χ2n) is 6.74. The van der Waals surface area contributed by atoms with Crippen molar-refractivity contribution < 1.29 is 14.3 Å². The summed E-state index contributed by atoms with van der Waals surface area (Å²) in [7, 11) is 1.64. The SMILES string of the molecule is CCOc1ccc(C(=O)Nc2cc(C)nn2-c2nc(-c3ccc(OC)cc3)cs2)cc1. The van der Waals surface area contributed by atoms with E-state index in [4.69, 9.17) is 14.5 Å². The Morgan fingerprint density at radius 1 is 1.10 bits per heavy atom. The molecule has 4 aromatic rings. The van der Waals surface area contributed by atoms with Gasteiger partial charge in [-0.05, 0) is 62.4 Å². The second kappa shape index (κ2) is 9.01. The summed E-state index contributed by atoms with van der Waals surface area (Å²) in [6.45, 7) is 4.38. The van der Waals surface area contributed by atoms with Crippen molar-refractivity contribution in [1.29, 1.82) is 0 Å². The van der Waals surface area contributed by atoms with Crippen molar-refractivity contribution in [3.8, 4) is 27.9 Å². The normalized spacial score (nSPS) is 10.7. The van der Waals surface area contributed by atoms with Gasteiger partial charge in [-0.2, -0.15) is 9.78 Å². The number of carbonyl (C=O) groups is 1. The van der Waals surface area contributed by atoms with Crippen LogP contribution in [-0.4, -0.2) is 34.4 Å². The van der Waals surface area contributed by atoms with Crippen molar-refractivity contribution in [3.63, 3.8) is 0 Å². The molecule has 0 radical (unpaired) electrons. The Kier molecular flexibility index (Phi) is 5.99. The Balaban J connectivity index is 1.56. The van der Waals surface area contributed by atoms with Crippen LogP contribution in [0.3, 0.4) is 0 Å². The number of carbonyl (C=O) groups excluding carboxylic acids is 1. The summed E-state index contributed by atoms with van der Waals surface area (Å²) in [6.07, 6.45) is 0. The lowest BCUT2D eigenvalue weighted by atomic mass is 10.2. The molecule has 0 unspecified atom stereocenters. The maximum absolute atomic E-state index is 12.7. The molecule has 2 heterocycles. The summed E-state index contributed by atoms with van der Waals surface area (Å²) in [5.41, 5.74) is 3.13. The maximum atomic E-state index is 12.7. The molecule has 31 heavy (non-hydrogen) atoms. The number of amides is 1. The van der Waals surface area contributed by atoms with Gasteiger partial charge in [0.1, 0.15) is 17.3 Å². The molecule has 0 spiro atoms. The first-order valence-corrected chi connectivity index (χ1v) is 10.7. The molecule has 0 aliphatic rings. The van der Waals surface area contributed by atoms with Crippen molar-refractivity contribution >= 4 is 23.1 Å². The number of hydrogen-bond acceptors (Lipinski definition) is 6. The number of nitrogens with one attached hydrogen (secondary N) is 1. The first-order valence-electron chi connectivity index (χ1n) is 9.78. The van der Waals surface area contributed by atoms with Gasteiger partial charge in [0.2, 0.25) is 5.13 Å². The summed E-state index contributed by atoms with van der Waals surface area (Å²) in [4.78, 5) is 17.4. The molecule has 7 nitrogen and oxygen atoms in total. The largest absolute Gasteiger partial charge is 0.497 e. The van der Waals surface area contributed by atoms with E-state index in [-0.39, 0.29) is 5.91 Å². The molecule has 0 aliphatic heterocycles. The van der Waals surface area contributed by atoms with Gasteiger partial charge in [0.15, 0.2) is 0 Å². The van der Waals surface area contributed by atoms with Gasteiger partial charge in [0, 0.05) is 22.6 Å². The van der Waals surface area contributed by atoms with Crippen molar-refractivity contribution in [2.75, 3.05) is 19.0 Å². The number of aryl methyl sites for hydroxylation is 1. The molecule has 0 bridgehead atoms. The third-order valence-corrected chi connectivity index (χ3v) is 5.38. The number of ether oxygens (including phenoxy) is 2. The van der Waals surface area contributed by atoms with Gasteiger partial charge in [-0.15, -0.1) is 11.3 Å². The minimum absolute atomic E-state index is 0.226. The molecule has 0 saturated heterocycles. The summed E-state index contributed by atoms with van der Waals surface area (Å²) in [6, 6.07) is 16.6. The number of aromatic nitrogens is 3. The van der Waals surface area contributed by atoms with Crippen molar-refractivity contribution in [2.24, 2.45) is 0 Å². The van der Waals surface area contributed by atoms with Gasteiger partial charge in [0.25, 0.3) is 5.91 Å². The number of benzene rings is 2. The fourth-order valence-electron chi connectivity index (χ4n) is 3.05. The minimum atomic E-state index is -0.226. The van der Waals surface area contributed by atoms with E-state index in [0.29, 0.717) is 23.1 Å². The molecule has 0 aliphatic carbocycles. The van der Waals surface area contributed by atoms with Crippen LogP contribution >= 0.6 is 11.3 Å². The summed E-state index contributed by atoms with van der Waals surface area (Å²) >= 11 is 1.46. The van der Waals surface area contributed by atoms with Gasteiger partial charge < -0.3 is 14.8 Å². The number of thiazole rings is 1. The van der Waals surface area contributed by atoms with Crippen LogP contribution in [0.5, 0.6) is 11.5 Å². The van der Waals surface area contributed by atoms with Crippen molar-refractivity contribution in [1.82, 2.24) is 14.8 Å². The van der Waals surface area contributed by atoms with Gasteiger partial charge in [-0.3, -0.25) is 4.79 Å². The molecule has 4 rings (SSSR count). The summed E-state index contributed by atoms with van der Waals surface area (Å²) < 4.78 is 12.3. The molecule has 1 N–H and O–H groups in total. The first-order chi connectivity index (χ1) is 15.1. The first kappa shape index (κ1) is 20.6. The monoisotopic (exact) mass is 434 g/mol. The molecule has 1 amide bonds. The van der Waals surface area contributed by atoms with E-state index in [2.05, 4.69) is 10.4 Å². The zero-order valence-electron chi connectivity index (χ0n) is 17.5. The molecular weight excluding hydrogens is 412 g/mol. The lowest BCUT2D eigenvalue weighted by molar-refractivity contribution is 0.102. The highest BCUT2D eigenvalue weighted by Gasteiger charge is 2.15. The standard InChI is InChI=1S/C23H22N4O3S/c1-4-30-19-11-7-17(8-12-19)22(28)25-21-13-15(2)26-27(21)23-24-20(14-31-23)16-5-9-18(29-3)10-6-16/h5-14H,4H2,1-3H3,(H,25,28). The van der Waals surface area contributed by atoms with Crippen LogP contribution in [0.25, 0.3) is 16.4 Å². The predicted octanol–water partition coefficient (Wildman–Crippen LogP) is 4.96. The van der Waals surface area contributed by atoms with Crippen LogP contribution in [0.2, 0.25) is 0 Å². The highest BCUT2D eigenvalue weighted by atomic mass is 32.1. The lowest BCUT2D eigenvalue weighted by Crippen LogP contribution is -2.15. The second-order valence-corrected chi connectivity index (χ2v) is 7.57. The van der Waals surface area contributed by atoms with E-state index in [1.807, 2.05) is 49.6 Å². The van der Waals surface area contributed by atoms with Crippen LogP contribution in [-0.2, 0) is 0 Å². The van der Waals surface area contributed by atoms with Crippen LogP contribution < -0.4 is 14.8 Å². The highest BCUT2D eigenvalue weighted by molar-refractivity contribution is 7.12. The van der Waals surface area contributed by atoms with Crippen LogP contribution in [0, 0.1) is 6.92 Å². The molecule has 8 heteroatoms. The average molecular weight is 435 g/mol. The lowest BCUT2D eigenvalue weighted by Gasteiger charge is -2.08. The van der Waals surface area contributed by atoms with E-state index in [9.17, 15) is 4.79 Å². The van der Waals surface area contributed by atoms with Gasteiger partial charge in [-0.25, -0.2) is 4.98 Å². The summed E-state index contributed by atoms with van der Waals surface area (Å²) in [5.74, 6) is 1.86. The summed E-state index contributed by atoms with van der Waals surface area (Å²) in [5, 5.41) is 10.1. The molecule has 0 saturated carbocycles. The Labute approximate surface area is 184 Å². The smallest absolute Gasteiger partial charge is 0.256 e. The minimum Gasteiger partial charge on any atom is -0.497 e. The van der Waals surface area contributed by atoms with Crippen LogP contribution in [0.1, 0.15) is 23.0 Å². The number of anilines is 1. The van der Waals surface area contributed by atoms with E-state index in [1.54, 1.807) is 36.1 Å². The predicted molar refractivity (Wildman–Crippen MR) is 122 cm³/mol. The highest BCUT2D eigenvalue weighted by Crippen LogP contribution is 2.28. The maximum Gasteiger partial charge on any atom is 0.256 e. The zero-order valence-corrected chi connectivity index (χ0v) is 18.3. The van der Waals surface area contributed by atoms with Gasteiger partial charge in [-0.1, -0.05) is 0 Å². The molecular formula is C23H22N4O3S. The van der Waals surface area contributed by atoms with Crippen LogP contribution in [0.4, 0.5) is 5.82 Å².